The van der Waals surface area contributed by atoms with E-state index in [4.69, 9.17) is 9.47 Å². The van der Waals surface area contributed by atoms with Crippen LogP contribution in [0.15, 0.2) is 24.4 Å². The molecule has 1 heterocycles. The Kier molecular flexibility index (Phi) is 8.37. The number of hydrogen-bond donors (Lipinski definition) is 2. The van der Waals surface area contributed by atoms with Crippen molar-refractivity contribution in [2.75, 3.05) is 26.4 Å². The Balaban J connectivity index is 2.09. The molecule has 0 aliphatic carbocycles. The van der Waals surface area contributed by atoms with Gasteiger partial charge in [-0.1, -0.05) is 6.07 Å². The minimum atomic E-state index is -0.528. The van der Waals surface area contributed by atoms with Gasteiger partial charge >= 0.3 is 0 Å². The first-order valence-electron chi connectivity index (χ1n) is 7.11. The van der Waals surface area contributed by atoms with Gasteiger partial charge in [0, 0.05) is 18.8 Å². The van der Waals surface area contributed by atoms with Gasteiger partial charge in [-0.3, -0.25) is 4.98 Å². The van der Waals surface area contributed by atoms with Crippen LogP contribution in [-0.2, 0) is 9.47 Å². The molecular formula is C15H26N2O3. The summed E-state index contributed by atoms with van der Waals surface area (Å²) in [5.41, 5.74) is 0.964. The van der Waals surface area contributed by atoms with E-state index in [1.807, 2.05) is 39.0 Å². The summed E-state index contributed by atoms with van der Waals surface area (Å²) in [6.07, 6.45) is 1.45. The van der Waals surface area contributed by atoms with Gasteiger partial charge in [-0.15, -0.1) is 0 Å². The lowest BCUT2D eigenvalue weighted by Crippen LogP contribution is -2.32. The van der Waals surface area contributed by atoms with E-state index in [1.165, 1.54) is 0 Å². The van der Waals surface area contributed by atoms with Crippen molar-refractivity contribution in [3.63, 3.8) is 0 Å². The first kappa shape index (κ1) is 17.0. The summed E-state index contributed by atoms with van der Waals surface area (Å²) in [6, 6.07) is 5.91. The van der Waals surface area contributed by atoms with Crippen LogP contribution in [0, 0.1) is 0 Å². The number of aliphatic hydroxyl groups is 1. The molecule has 1 rings (SSSR count). The highest BCUT2D eigenvalue weighted by molar-refractivity contribution is 5.07. The predicted molar refractivity (Wildman–Crippen MR) is 78.6 cm³/mol. The monoisotopic (exact) mass is 282 g/mol. The van der Waals surface area contributed by atoms with Gasteiger partial charge in [0.05, 0.1) is 37.7 Å². The van der Waals surface area contributed by atoms with Gasteiger partial charge in [-0.25, -0.2) is 0 Å². The topological polar surface area (TPSA) is 63.6 Å². The van der Waals surface area contributed by atoms with Crippen molar-refractivity contribution in [1.29, 1.82) is 0 Å². The summed E-state index contributed by atoms with van der Waals surface area (Å²) >= 11 is 0. The molecule has 2 N–H and O–H groups in total. The molecule has 0 aliphatic heterocycles. The van der Waals surface area contributed by atoms with Gasteiger partial charge in [0.25, 0.3) is 0 Å². The second kappa shape index (κ2) is 9.83. The minimum absolute atomic E-state index is 0.107. The Bertz CT molecular complexity index is 346. The molecule has 0 amide bonds. The first-order chi connectivity index (χ1) is 9.59. The summed E-state index contributed by atoms with van der Waals surface area (Å²) in [6.45, 7) is 7.83. The summed E-state index contributed by atoms with van der Waals surface area (Å²) in [4.78, 5) is 4.27. The minimum Gasteiger partial charge on any atom is -0.389 e. The lowest BCUT2D eigenvalue weighted by Gasteiger charge is -2.17. The van der Waals surface area contributed by atoms with Crippen molar-refractivity contribution in [3.8, 4) is 0 Å². The Hall–Kier alpha value is -1.01. The third-order valence-corrected chi connectivity index (χ3v) is 2.78. The normalized spacial score (nSPS) is 14.4. The molecule has 5 heteroatoms. The average Bonchev–Trinajstić information content (AvgIpc) is 2.45. The number of pyridine rings is 1. The van der Waals surface area contributed by atoms with E-state index in [0.29, 0.717) is 26.4 Å². The van der Waals surface area contributed by atoms with Crippen molar-refractivity contribution in [2.24, 2.45) is 0 Å². The molecule has 20 heavy (non-hydrogen) atoms. The van der Waals surface area contributed by atoms with E-state index in [0.717, 1.165) is 5.69 Å². The Morgan fingerprint density at radius 1 is 1.25 bits per heavy atom. The number of rotatable bonds is 10. The predicted octanol–water partition coefficient (Wildman–Crippen LogP) is 1.53. The van der Waals surface area contributed by atoms with Crippen LogP contribution >= 0.6 is 0 Å². The molecule has 5 nitrogen and oxygen atoms in total. The molecular weight excluding hydrogens is 256 g/mol. The second-order valence-corrected chi connectivity index (χ2v) is 5.03. The standard InChI is InChI=1S/C15H26N2O3/c1-12(2)20-9-8-19-11-14(18)10-17-13(3)15-6-4-5-7-16-15/h4-7,12-14,17-18H,8-11H2,1-3H3/t13-,14?/m1/s1. The number of hydrogen-bond acceptors (Lipinski definition) is 5. The number of ether oxygens (including phenoxy) is 2. The Labute approximate surface area is 121 Å². The van der Waals surface area contributed by atoms with Gasteiger partial charge in [-0.2, -0.15) is 0 Å². The van der Waals surface area contributed by atoms with Gasteiger partial charge in [0.1, 0.15) is 0 Å². The van der Waals surface area contributed by atoms with Crippen molar-refractivity contribution in [1.82, 2.24) is 10.3 Å². The van der Waals surface area contributed by atoms with Crippen LogP contribution in [0.4, 0.5) is 0 Å². The lowest BCUT2D eigenvalue weighted by atomic mass is 10.2. The molecule has 0 saturated carbocycles. The zero-order chi connectivity index (χ0) is 14.8. The fraction of sp³-hybridized carbons (Fsp3) is 0.667. The van der Waals surface area contributed by atoms with Crippen LogP contribution in [0.1, 0.15) is 32.5 Å². The quantitative estimate of drug-likeness (QED) is 0.637. The second-order valence-electron chi connectivity index (χ2n) is 5.03. The molecule has 1 aromatic heterocycles. The molecule has 0 fully saturated rings. The highest BCUT2D eigenvalue weighted by Crippen LogP contribution is 2.07. The van der Waals surface area contributed by atoms with Crippen LogP contribution in [0.2, 0.25) is 0 Å². The molecule has 0 spiro atoms. The van der Waals surface area contributed by atoms with Crippen LogP contribution in [0.3, 0.4) is 0 Å². The number of aromatic nitrogens is 1. The van der Waals surface area contributed by atoms with Crippen LogP contribution in [0.5, 0.6) is 0 Å². The molecule has 1 aromatic rings. The third-order valence-electron chi connectivity index (χ3n) is 2.78. The highest BCUT2D eigenvalue weighted by Gasteiger charge is 2.09. The summed E-state index contributed by atoms with van der Waals surface area (Å²) in [5, 5.41) is 13.0. The van der Waals surface area contributed by atoms with E-state index in [2.05, 4.69) is 10.3 Å². The molecule has 114 valence electrons. The molecule has 0 aromatic carbocycles. The van der Waals surface area contributed by atoms with Gasteiger partial charge in [0.2, 0.25) is 0 Å². The van der Waals surface area contributed by atoms with Crippen molar-refractivity contribution in [3.05, 3.63) is 30.1 Å². The zero-order valence-corrected chi connectivity index (χ0v) is 12.6. The highest BCUT2D eigenvalue weighted by atomic mass is 16.5. The molecule has 0 saturated heterocycles. The van der Waals surface area contributed by atoms with Crippen LogP contribution in [-0.4, -0.2) is 48.7 Å². The first-order valence-corrected chi connectivity index (χ1v) is 7.11. The number of nitrogens with zero attached hydrogens (tertiary/aromatic N) is 1. The Morgan fingerprint density at radius 2 is 2.05 bits per heavy atom. The molecule has 2 atom stereocenters. The van der Waals surface area contributed by atoms with E-state index in [9.17, 15) is 5.11 Å². The van der Waals surface area contributed by atoms with Gasteiger partial charge in [-0.05, 0) is 32.9 Å². The Morgan fingerprint density at radius 3 is 2.70 bits per heavy atom. The van der Waals surface area contributed by atoms with Crippen molar-refractivity contribution in [2.45, 2.75) is 39.0 Å². The molecule has 0 bridgehead atoms. The lowest BCUT2D eigenvalue weighted by molar-refractivity contribution is -0.0104. The van der Waals surface area contributed by atoms with Gasteiger partial charge < -0.3 is 19.9 Å². The summed E-state index contributed by atoms with van der Waals surface area (Å²) in [5.74, 6) is 0. The summed E-state index contributed by atoms with van der Waals surface area (Å²) < 4.78 is 10.7. The van der Waals surface area contributed by atoms with E-state index >= 15 is 0 Å². The smallest absolute Gasteiger partial charge is 0.0897 e. The van der Waals surface area contributed by atoms with E-state index in [-0.39, 0.29) is 12.1 Å². The zero-order valence-electron chi connectivity index (χ0n) is 12.6. The maximum absolute atomic E-state index is 9.80. The molecule has 0 radical (unpaired) electrons. The third kappa shape index (κ3) is 7.55. The fourth-order valence-electron chi connectivity index (χ4n) is 1.67. The van der Waals surface area contributed by atoms with Crippen LogP contribution < -0.4 is 5.32 Å². The van der Waals surface area contributed by atoms with Gasteiger partial charge in [0.15, 0.2) is 0 Å². The fourth-order valence-corrected chi connectivity index (χ4v) is 1.67. The maximum atomic E-state index is 9.80. The average molecular weight is 282 g/mol. The number of nitrogens with one attached hydrogen (secondary N) is 1. The number of aliphatic hydroxyl groups excluding tert-OH is 1. The maximum Gasteiger partial charge on any atom is 0.0897 e. The van der Waals surface area contributed by atoms with Crippen LogP contribution in [0.25, 0.3) is 0 Å². The molecule has 0 aliphatic rings. The summed E-state index contributed by atoms with van der Waals surface area (Å²) in [7, 11) is 0. The van der Waals surface area contributed by atoms with Crippen molar-refractivity contribution < 1.29 is 14.6 Å². The van der Waals surface area contributed by atoms with Crippen molar-refractivity contribution >= 4 is 0 Å². The largest absolute Gasteiger partial charge is 0.389 e. The molecule has 1 unspecified atom stereocenters. The van der Waals surface area contributed by atoms with E-state index in [1.54, 1.807) is 6.20 Å². The SMILES string of the molecule is CC(C)OCCOCC(O)CN[C@H](C)c1ccccn1. The van der Waals surface area contributed by atoms with E-state index < -0.39 is 6.10 Å².